The Morgan fingerprint density at radius 1 is 1.25 bits per heavy atom. The van der Waals surface area contributed by atoms with Gasteiger partial charge in [0, 0.05) is 7.05 Å². The molecule has 3 nitrogen and oxygen atoms in total. The lowest BCUT2D eigenvalue weighted by Crippen LogP contribution is -1.90. The first-order valence-electron chi connectivity index (χ1n) is 3.73. The van der Waals surface area contributed by atoms with Crippen molar-refractivity contribution in [1.82, 2.24) is 0 Å². The molecule has 0 amide bonds. The monoisotopic (exact) mass is 163 g/mol. The van der Waals surface area contributed by atoms with Crippen molar-refractivity contribution in [3.63, 3.8) is 0 Å². The van der Waals surface area contributed by atoms with E-state index < -0.39 is 0 Å². The summed E-state index contributed by atoms with van der Waals surface area (Å²) in [4.78, 5) is 3.82. The third-order valence-electron chi connectivity index (χ3n) is 1.74. The van der Waals surface area contributed by atoms with E-state index in [4.69, 9.17) is 8.83 Å². The van der Waals surface area contributed by atoms with E-state index in [-0.39, 0.29) is 0 Å². The second kappa shape index (κ2) is 2.52. The molecule has 0 unspecified atom stereocenters. The minimum absolute atomic E-state index is 0.319. The van der Waals surface area contributed by atoms with Crippen LogP contribution in [0.5, 0.6) is 0 Å². The normalized spacial score (nSPS) is 12.7. The number of rotatable bonds is 0. The van der Waals surface area contributed by atoms with Crippen LogP contribution in [0, 0.1) is 6.92 Å². The van der Waals surface area contributed by atoms with Gasteiger partial charge in [-0.15, -0.1) is 0 Å². The molecule has 1 aromatic carbocycles. The molecule has 0 radical (unpaired) electrons. The summed E-state index contributed by atoms with van der Waals surface area (Å²) in [5, 5.41) is 0. The molecule has 1 aromatic heterocycles. The van der Waals surface area contributed by atoms with Gasteiger partial charge in [0.15, 0.2) is 11.2 Å². The van der Waals surface area contributed by atoms with Crippen molar-refractivity contribution in [2.24, 2.45) is 4.99 Å². The van der Waals surface area contributed by atoms with Crippen LogP contribution in [0.4, 0.5) is 0 Å². The van der Waals surface area contributed by atoms with Crippen LogP contribution in [0.3, 0.4) is 0 Å². The first-order chi connectivity index (χ1) is 5.81. The van der Waals surface area contributed by atoms with Crippen LogP contribution in [0.15, 0.2) is 32.0 Å². The summed E-state index contributed by atoms with van der Waals surface area (Å²) in [7, 11) is 1.64. The minimum atomic E-state index is 0.319. The predicted molar refractivity (Wildman–Crippen MR) is 44.7 cm³/mol. The van der Waals surface area contributed by atoms with E-state index in [1.165, 1.54) is 0 Å². The van der Waals surface area contributed by atoms with Crippen LogP contribution >= 0.6 is 0 Å². The van der Waals surface area contributed by atoms with Gasteiger partial charge in [0.05, 0.1) is 0 Å². The summed E-state index contributed by atoms with van der Waals surface area (Å²) in [6, 6.07) is 5.76. The molecule has 0 saturated carbocycles. The first kappa shape index (κ1) is 7.16. The van der Waals surface area contributed by atoms with Gasteiger partial charge in [0.1, 0.15) is 0 Å². The van der Waals surface area contributed by atoms with Gasteiger partial charge >= 0.3 is 5.75 Å². The fraction of sp³-hybridized carbons (Fsp3) is 0.222. The number of nitrogens with zero attached hydrogens (tertiary/aromatic N) is 1. The fourth-order valence-electron chi connectivity index (χ4n) is 1.13. The predicted octanol–water partition coefficient (Wildman–Crippen LogP) is 1.86. The molecule has 1 heterocycles. The van der Waals surface area contributed by atoms with E-state index >= 15 is 0 Å². The number of para-hydroxylation sites is 1. The molecule has 0 spiro atoms. The highest BCUT2D eigenvalue weighted by atomic mass is 16.5. The zero-order chi connectivity index (χ0) is 8.55. The summed E-state index contributed by atoms with van der Waals surface area (Å²) in [6.07, 6.45) is 0. The number of benzene rings is 1. The van der Waals surface area contributed by atoms with Gasteiger partial charge in [0.25, 0.3) is 0 Å². The first-order valence-corrected chi connectivity index (χ1v) is 3.73. The average Bonchev–Trinajstić information content (AvgIpc) is 2.49. The standard InChI is InChI=1S/C9H9NO2/c1-6-4-3-5-7-8(6)12-9(10-2)11-7/h3-5H,1-2H3. The van der Waals surface area contributed by atoms with Gasteiger partial charge in [-0.1, -0.05) is 12.1 Å². The van der Waals surface area contributed by atoms with E-state index in [1.807, 2.05) is 25.1 Å². The van der Waals surface area contributed by atoms with E-state index in [0.717, 1.165) is 16.7 Å². The number of fused-ring (bicyclic) bond motifs is 1. The molecule has 0 saturated heterocycles. The van der Waals surface area contributed by atoms with Crippen molar-refractivity contribution in [1.29, 1.82) is 0 Å². The number of hydrogen-bond donors (Lipinski definition) is 0. The second-order valence-corrected chi connectivity index (χ2v) is 2.60. The van der Waals surface area contributed by atoms with Crippen LogP contribution in [-0.2, 0) is 0 Å². The highest BCUT2D eigenvalue weighted by Crippen LogP contribution is 2.15. The van der Waals surface area contributed by atoms with Gasteiger partial charge in [0.2, 0.25) is 0 Å². The maximum Gasteiger partial charge on any atom is 0.394 e. The van der Waals surface area contributed by atoms with Gasteiger partial charge in [-0.3, -0.25) is 0 Å². The SMILES string of the molecule is CN=c1oc2cccc(C)c2o1. The summed E-state index contributed by atoms with van der Waals surface area (Å²) >= 11 is 0. The van der Waals surface area contributed by atoms with Gasteiger partial charge < -0.3 is 8.83 Å². The Kier molecular flexibility index (Phi) is 1.50. The molecule has 0 atom stereocenters. The van der Waals surface area contributed by atoms with Crippen molar-refractivity contribution in [2.75, 3.05) is 7.05 Å². The van der Waals surface area contributed by atoms with E-state index in [1.54, 1.807) is 7.05 Å². The molecule has 0 bridgehead atoms. The zero-order valence-corrected chi connectivity index (χ0v) is 7.00. The van der Waals surface area contributed by atoms with Gasteiger partial charge in [-0.25, -0.2) is 4.99 Å². The van der Waals surface area contributed by atoms with Gasteiger partial charge in [-0.05, 0) is 18.6 Å². The number of aryl methyl sites for hydroxylation is 1. The van der Waals surface area contributed by atoms with Crippen molar-refractivity contribution < 1.29 is 8.83 Å². The summed E-state index contributed by atoms with van der Waals surface area (Å²) in [6.45, 7) is 1.97. The Bertz CT molecular complexity index is 465. The molecule has 3 heteroatoms. The van der Waals surface area contributed by atoms with Crippen molar-refractivity contribution in [3.8, 4) is 0 Å². The molecule has 0 aliphatic heterocycles. The molecule has 62 valence electrons. The molecule has 0 aliphatic rings. The highest BCUT2D eigenvalue weighted by Gasteiger charge is 2.02. The Morgan fingerprint density at radius 3 is 2.75 bits per heavy atom. The topological polar surface area (TPSA) is 38.6 Å². The summed E-state index contributed by atoms with van der Waals surface area (Å²) in [5.41, 5.74) is 2.58. The fourth-order valence-corrected chi connectivity index (χ4v) is 1.13. The highest BCUT2D eigenvalue weighted by molar-refractivity contribution is 5.73. The lowest BCUT2D eigenvalue weighted by molar-refractivity contribution is 0.387. The van der Waals surface area contributed by atoms with Crippen molar-refractivity contribution in [2.45, 2.75) is 6.92 Å². The van der Waals surface area contributed by atoms with Crippen LogP contribution in [0.25, 0.3) is 11.2 Å². The Morgan fingerprint density at radius 2 is 2.08 bits per heavy atom. The molecule has 2 aromatic rings. The Labute approximate surface area is 69.3 Å². The van der Waals surface area contributed by atoms with Crippen molar-refractivity contribution in [3.05, 3.63) is 29.5 Å². The quantitative estimate of drug-likeness (QED) is 0.594. The molecule has 0 fully saturated rings. The molecule has 0 aliphatic carbocycles. The summed E-state index contributed by atoms with van der Waals surface area (Å²) in [5.74, 6) is 0.319. The number of hydrogen-bond acceptors (Lipinski definition) is 3. The second-order valence-electron chi connectivity index (χ2n) is 2.60. The third kappa shape index (κ3) is 0.942. The van der Waals surface area contributed by atoms with Crippen LogP contribution in [0.2, 0.25) is 0 Å². The van der Waals surface area contributed by atoms with Crippen molar-refractivity contribution >= 4 is 11.2 Å². The van der Waals surface area contributed by atoms with E-state index in [0.29, 0.717) is 5.75 Å². The third-order valence-corrected chi connectivity index (χ3v) is 1.74. The maximum atomic E-state index is 5.31. The van der Waals surface area contributed by atoms with Gasteiger partial charge in [-0.2, -0.15) is 0 Å². The van der Waals surface area contributed by atoms with Crippen LogP contribution in [-0.4, -0.2) is 7.05 Å². The molecule has 0 N–H and O–H groups in total. The van der Waals surface area contributed by atoms with E-state index in [2.05, 4.69) is 4.99 Å². The summed E-state index contributed by atoms with van der Waals surface area (Å²) < 4.78 is 10.6. The van der Waals surface area contributed by atoms with Crippen LogP contribution in [0.1, 0.15) is 5.56 Å². The lowest BCUT2D eigenvalue weighted by Gasteiger charge is -1.87. The maximum absolute atomic E-state index is 5.31. The molecular weight excluding hydrogens is 154 g/mol. The Balaban J connectivity index is 2.92. The zero-order valence-electron chi connectivity index (χ0n) is 7.00. The average molecular weight is 163 g/mol. The van der Waals surface area contributed by atoms with Crippen LogP contribution < -0.4 is 5.75 Å². The largest absolute Gasteiger partial charge is 0.407 e. The lowest BCUT2D eigenvalue weighted by atomic mass is 10.2. The Hall–Kier alpha value is -1.51. The van der Waals surface area contributed by atoms with E-state index in [9.17, 15) is 0 Å². The molecular formula is C9H9NO2. The smallest absolute Gasteiger partial charge is 0.394 e. The minimum Gasteiger partial charge on any atom is -0.407 e. The molecule has 12 heavy (non-hydrogen) atoms. The molecule has 2 rings (SSSR count).